The van der Waals surface area contributed by atoms with E-state index in [4.69, 9.17) is 0 Å². The van der Waals surface area contributed by atoms with Gasteiger partial charge in [0.2, 0.25) is 6.41 Å². The van der Waals surface area contributed by atoms with Crippen molar-refractivity contribution in [2.45, 2.75) is 0 Å². The lowest BCUT2D eigenvalue weighted by atomic mass is 10.1. The molecule has 0 saturated heterocycles. The van der Waals surface area contributed by atoms with E-state index in [1.165, 1.54) is 0 Å². The summed E-state index contributed by atoms with van der Waals surface area (Å²) < 4.78 is 0. The van der Waals surface area contributed by atoms with Gasteiger partial charge in [0, 0.05) is 5.56 Å². The highest BCUT2D eigenvalue weighted by molar-refractivity contribution is 5.69. The van der Waals surface area contributed by atoms with Crippen molar-refractivity contribution < 1.29 is 4.79 Å². The van der Waals surface area contributed by atoms with Gasteiger partial charge in [0.15, 0.2) is 5.82 Å². The van der Waals surface area contributed by atoms with E-state index in [1.807, 2.05) is 36.4 Å². The fraction of sp³-hybridized carbons (Fsp3) is 0. The van der Waals surface area contributed by atoms with Gasteiger partial charge in [-0.15, -0.1) is 10.2 Å². The molecule has 15 heavy (non-hydrogen) atoms. The lowest BCUT2D eigenvalue weighted by molar-refractivity contribution is -0.105. The third kappa shape index (κ3) is 2.17. The fourth-order valence-electron chi connectivity index (χ4n) is 1.23. The van der Waals surface area contributed by atoms with Gasteiger partial charge in [0.1, 0.15) is 0 Å². The molecule has 0 fully saturated rings. The Hall–Kier alpha value is -2.23. The molecule has 0 aliphatic rings. The number of carbonyl (C=O) groups is 1. The summed E-state index contributed by atoms with van der Waals surface area (Å²) in [6, 6.07) is 13.3. The van der Waals surface area contributed by atoms with Crippen LogP contribution in [0, 0.1) is 0 Å². The highest BCUT2D eigenvalue weighted by atomic mass is 16.1. The van der Waals surface area contributed by atoms with E-state index >= 15 is 0 Å². The van der Waals surface area contributed by atoms with Crippen molar-refractivity contribution in [3.05, 3.63) is 42.5 Å². The normalized spacial score (nSPS) is 9.60. The summed E-state index contributed by atoms with van der Waals surface area (Å²) >= 11 is 0. The second-order valence-corrected chi connectivity index (χ2v) is 2.93. The zero-order valence-corrected chi connectivity index (χ0v) is 7.92. The van der Waals surface area contributed by atoms with E-state index in [-0.39, 0.29) is 0 Å². The molecule has 1 aromatic carbocycles. The Kier molecular flexibility index (Phi) is 2.69. The first-order chi connectivity index (χ1) is 7.40. The molecular weight excluding hydrogens is 190 g/mol. The molecule has 0 atom stereocenters. The number of aromatic nitrogens is 2. The number of anilines is 1. The Morgan fingerprint density at radius 3 is 2.40 bits per heavy atom. The second kappa shape index (κ2) is 4.32. The zero-order chi connectivity index (χ0) is 10.5. The first-order valence-corrected chi connectivity index (χ1v) is 4.49. The molecule has 4 heteroatoms. The molecule has 1 heterocycles. The standard InChI is InChI=1S/C11H9N3O/c15-8-12-11-7-6-10(13-14-11)9-4-2-1-3-5-9/h1-8H,(H,12,14,15). The van der Waals surface area contributed by atoms with Crippen molar-refractivity contribution in [1.29, 1.82) is 0 Å². The van der Waals surface area contributed by atoms with Crippen LogP contribution < -0.4 is 5.32 Å². The number of amides is 1. The van der Waals surface area contributed by atoms with Crippen LogP contribution in [0.15, 0.2) is 42.5 Å². The molecule has 0 bridgehead atoms. The molecule has 0 saturated carbocycles. The van der Waals surface area contributed by atoms with Crippen LogP contribution in [-0.2, 0) is 4.79 Å². The average molecular weight is 199 g/mol. The Labute approximate surface area is 87.0 Å². The molecular formula is C11H9N3O. The average Bonchev–Trinajstić information content (AvgIpc) is 2.32. The summed E-state index contributed by atoms with van der Waals surface area (Å²) in [6.45, 7) is 0. The van der Waals surface area contributed by atoms with E-state index in [2.05, 4.69) is 15.5 Å². The highest BCUT2D eigenvalue weighted by Gasteiger charge is 1.98. The number of hydrogen-bond acceptors (Lipinski definition) is 3. The van der Waals surface area contributed by atoms with Gasteiger partial charge in [0.05, 0.1) is 5.69 Å². The molecule has 0 unspecified atom stereocenters. The van der Waals surface area contributed by atoms with Crippen molar-refractivity contribution in [2.75, 3.05) is 5.32 Å². The third-order valence-electron chi connectivity index (χ3n) is 1.94. The van der Waals surface area contributed by atoms with Crippen LogP contribution >= 0.6 is 0 Å². The minimum atomic E-state index is 0.449. The van der Waals surface area contributed by atoms with Gasteiger partial charge in [-0.3, -0.25) is 4.79 Å². The van der Waals surface area contributed by atoms with Crippen LogP contribution in [0.4, 0.5) is 5.82 Å². The van der Waals surface area contributed by atoms with Crippen LogP contribution in [-0.4, -0.2) is 16.6 Å². The summed E-state index contributed by atoms with van der Waals surface area (Å²) in [5, 5.41) is 10.3. The van der Waals surface area contributed by atoms with Gasteiger partial charge in [-0.2, -0.15) is 0 Å². The SMILES string of the molecule is O=CNc1ccc(-c2ccccc2)nn1. The molecule has 74 valence electrons. The topological polar surface area (TPSA) is 54.9 Å². The van der Waals surface area contributed by atoms with Crippen LogP contribution in [0.5, 0.6) is 0 Å². The molecule has 0 aliphatic carbocycles. The summed E-state index contributed by atoms with van der Waals surface area (Å²) in [7, 11) is 0. The fourth-order valence-corrected chi connectivity index (χ4v) is 1.23. The molecule has 1 amide bonds. The van der Waals surface area contributed by atoms with Crippen LogP contribution in [0.3, 0.4) is 0 Å². The summed E-state index contributed by atoms with van der Waals surface area (Å²) in [4.78, 5) is 10.2. The number of nitrogens with zero attached hydrogens (tertiary/aromatic N) is 2. The Morgan fingerprint density at radius 2 is 1.80 bits per heavy atom. The largest absolute Gasteiger partial charge is 0.312 e. The molecule has 2 rings (SSSR count). The number of nitrogens with one attached hydrogen (secondary N) is 1. The van der Waals surface area contributed by atoms with E-state index in [0.717, 1.165) is 11.3 Å². The lowest BCUT2D eigenvalue weighted by Crippen LogP contribution is -1.98. The maximum Gasteiger partial charge on any atom is 0.212 e. The van der Waals surface area contributed by atoms with Crippen LogP contribution in [0.1, 0.15) is 0 Å². The third-order valence-corrected chi connectivity index (χ3v) is 1.94. The maximum atomic E-state index is 10.2. The summed E-state index contributed by atoms with van der Waals surface area (Å²) in [5.74, 6) is 0.449. The molecule has 0 radical (unpaired) electrons. The smallest absolute Gasteiger partial charge is 0.212 e. The number of hydrogen-bond donors (Lipinski definition) is 1. The Bertz CT molecular complexity index is 439. The Balaban J connectivity index is 2.28. The highest BCUT2D eigenvalue weighted by Crippen LogP contribution is 2.15. The van der Waals surface area contributed by atoms with Crippen molar-refractivity contribution >= 4 is 12.2 Å². The Morgan fingerprint density at radius 1 is 1.00 bits per heavy atom. The van der Waals surface area contributed by atoms with Crippen molar-refractivity contribution in [3.8, 4) is 11.3 Å². The predicted octanol–water partition coefficient (Wildman–Crippen LogP) is 1.71. The minimum Gasteiger partial charge on any atom is -0.312 e. The molecule has 0 spiro atoms. The van der Waals surface area contributed by atoms with Crippen molar-refractivity contribution in [2.24, 2.45) is 0 Å². The van der Waals surface area contributed by atoms with Gasteiger partial charge in [-0.1, -0.05) is 30.3 Å². The van der Waals surface area contributed by atoms with E-state index < -0.39 is 0 Å². The second-order valence-electron chi connectivity index (χ2n) is 2.93. The number of rotatable bonds is 3. The van der Waals surface area contributed by atoms with Crippen LogP contribution in [0.2, 0.25) is 0 Å². The summed E-state index contributed by atoms with van der Waals surface area (Å²) in [6.07, 6.45) is 0.576. The molecule has 2 aromatic rings. The van der Waals surface area contributed by atoms with Gasteiger partial charge in [-0.25, -0.2) is 0 Å². The van der Waals surface area contributed by atoms with Crippen molar-refractivity contribution in [3.63, 3.8) is 0 Å². The van der Waals surface area contributed by atoms with Gasteiger partial charge in [0.25, 0.3) is 0 Å². The summed E-state index contributed by atoms with van der Waals surface area (Å²) in [5.41, 5.74) is 1.79. The van der Waals surface area contributed by atoms with Crippen LogP contribution in [0.25, 0.3) is 11.3 Å². The minimum absolute atomic E-state index is 0.449. The van der Waals surface area contributed by atoms with Crippen molar-refractivity contribution in [1.82, 2.24) is 10.2 Å². The zero-order valence-electron chi connectivity index (χ0n) is 7.92. The lowest BCUT2D eigenvalue weighted by Gasteiger charge is -2.00. The first-order valence-electron chi connectivity index (χ1n) is 4.49. The number of carbonyl (C=O) groups excluding carboxylic acids is 1. The van der Waals surface area contributed by atoms with E-state index in [9.17, 15) is 4.79 Å². The molecule has 4 nitrogen and oxygen atoms in total. The monoisotopic (exact) mass is 199 g/mol. The molecule has 0 aliphatic heterocycles. The van der Waals surface area contributed by atoms with E-state index in [0.29, 0.717) is 12.2 Å². The van der Waals surface area contributed by atoms with Gasteiger partial charge >= 0.3 is 0 Å². The van der Waals surface area contributed by atoms with Gasteiger partial charge in [-0.05, 0) is 12.1 Å². The predicted molar refractivity (Wildman–Crippen MR) is 57.2 cm³/mol. The molecule has 1 aromatic heterocycles. The van der Waals surface area contributed by atoms with E-state index in [1.54, 1.807) is 6.07 Å². The van der Waals surface area contributed by atoms with Gasteiger partial charge < -0.3 is 5.32 Å². The maximum absolute atomic E-state index is 10.2. The molecule has 1 N–H and O–H groups in total. The number of benzene rings is 1. The first kappa shape index (κ1) is 9.33. The quantitative estimate of drug-likeness (QED) is 0.765.